The molecular weight excluding hydrogens is 190 g/mol. The van der Waals surface area contributed by atoms with Gasteiger partial charge in [-0.05, 0) is 11.6 Å². The zero-order chi connectivity index (χ0) is 9.84. The summed E-state index contributed by atoms with van der Waals surface area (Å²) in [5, 5.41) is 10.5. The lowest BCUT2D eigenvalue weighted by molar-refractivity contribution is -0.385. The Hall–Kier alpha value is -1.23. The minimum absolute atomic E-state index is 0.0203. The Kier molecular flexibility index (Phi) is 3.13. The normalized spacial score (nSPS) is 9.69. The minimum Gasteiger partial charge on any atom is -0.490 e. The van der Waals surface area contributed by atoms with Crippen molar-refractivity contribution in [3.05, 3.63) is 33.9 Å². The Balaban J connectivity index is 3.15. The van der Waals surface area contributed by atoms with Crippen LogP contribution in [0.1, 0.15) is 5.56 Å². The van der Waals surface area contributed by atoms with Gasteiger partial charge >= 0.3 is 5.69 Å². The Morgan fingerprint density at radius 2 is 2.31 bits per heavy atom. The molecule has 0 N–H and O–H groups in total. The first-order chi connectivity index (χ1) is 6.19. The van der Waals surface area contributed by atoms with Gasteiger partial charge < -0.3 is 4.74 Å². The average Bonchev–Trinajstić information content (AvgIpc) is 2.16. The third kappa shape index (κ3) is 2.12. The fourth-order valence-electron chi connectivity index (χ4n) is 0.971. The van der Waals surface area contributed by atoms with Crippen LogP contribution in [0.5, 0.6) is 5.75 Å². The second-order valence-corrected chi connectivity index (χ2v) is 2.74. The van der Waals surface area contributed by atoms with E-state index in [9.17, 15) is 10.1 Å². The maximum atomic E-state index is 10.5. The van der Waals surface area contributed by atoms with E-state index in [1.54, 1.807) is 12.1 Å². The number of hydrogen-bond acceptors (Lipinski definition) is 4. The maximum absolute atomic E-state index is 10.5. The van der Waals surface area contributed by atoms with Crippen LogP contribution < -0.4 is 4.74 Å². The summed E-state index contributed by atoms with van der Waals surface area (Å²) in [6.45, 7) is 0. The predicted molar refractivity (Wildman–Crippen MR) is 52.3 cm³/mol. The molecule has 0 atom stereocenters. The average molecular weight is 199 g/mol. The molecule has 0 fully saturated rings. The van der Waals surface area contributed by atoms with Crippen molar-refractivity contribution in [2.75, 3.05) is 7.11 Å². The van der Waals surface area contributed by atoms with Crippen LogP contribution in [0.25, 0.3) is 0 Å². The molecule has 0 aliphatic rings. The van der Waals surface area contributed by atoms with E-state index in [0.29, 0.717) is 5.75 Å². The van der Waals surface area contributed by atoms with Gasteiger partial charge in [0.1, 0.15) is 0 Å². The summed E-state index contributed by atoms with van der Waals surface area (Å²) >= 11 is 4.06. The van der Waals surface area contributed by atoms with Gasteiger partial charge in [0.2, 0.25) is 0 Å². The molecule has 0 amide bonds. The molecule has 0 radical (unpaired) electrons. The maximum Gasteiger partial charge on any atom is 0.310 e. The van der Waals surface area contributed by atoms with E-state index >= 15 is 0 Å². The summed E-state index contributed by atoms with van der Waals surface area (Å²) in [6.07, 6.45) is 0. The van der Waals surface area contributed by atoms with Crippen molar-refractivity contribution in [2.24, 2.45) is 0 Å². The molecule has 0 saturated heterocycles. The minimum atomic E-state index is -0.471. The SMILES string of the molecule is COc1cc(CS)ccc1[N+](=O)[O-]. The fourth-order valence-corrected chi connectivity index (χ4v) is 1.17. The fraction of sp³-hybridized carbons (Fsp3) is 0.250. The third-order valence-electron chi connectivity index (χ3n) is 1.62. The summed E-state index contributed by atoms with van der Waals surface area (Å²) in [7, 11) is 1.41. The number of nitro benzene ring substituents is 1. The predicted octanol–water partition coefficient (Wildman–Crippen LogP) is 2.03. The monoisotopic (exact) mass is 199 g/mol. The van der Waals surface area contributed by atoms with Gasteiger partial charge in [0, 0.05) is 11.8 Å². The summed E-state index contributed by atoms with van der Waals surface area (Å²) in [5.74, 6) is 0.811. The number of nitrogens with zero attached hydrogens (tertiary/aromatic N) is 1. The van der Waals surface area contributed by atoms with Crippen LogP contribution in [0.4, 0.5) is 5.69 Å². The van der Waals surface area contributed by atoms with Gasteiger partial charge in [0.05, 0.1) is 12.0 Å². The molecule has 0 aliphatic carbocycles. The second-order valence-electron chi connectivity index (χ2n) is 2.42. The first-order valence-electron chi connectivity index (χ1n) is 3.61. The number of ether oxygens (including phenoxy) is 1. The van der Waals surface area contributed by atoms with Crippen molar-refractivity contribution < 1.29 is 9.66 Å². The summed E-state index contributed by atoms with van der Waals surface area (Å²) in [5.41, 5.74) is 0.874. The highest BCUT2D eigenvalue weighted by molar-refractivity contribution is 7.79. The van der Waals surface area contributed by atoms with E-state index in [1.807, 2.05) is 0 Å². The molecule has 70 valence electrons. The molecule has 0 saturated carbocycles. The van der Waals surface area contributed by atoms with E-state index in [-0.39, 0.29) is 11.4 Å². The number of hydrogen-bond donors (Lipinski definition) is 1. The van der Waals surface area contributed by atoms with Crippen molar-refractivity contribution in [3.63, 3.8) is 0 Å². The van der Waals surface area contributed by atoms with Crippen molar-refractivity contribution in [3.8, 4) is 5.75 Å². The van der Waals surface area contributed by atoms with Crippen LogP contribution in [0.3, 0.4) is 0 Å². The third-order valence-corrected chi connectivity index (χ3v) is 1.99. The van der Waals surface area contributed by atoms with E-state index in [2.05, 4.69) is 12.6 Å². The zero-order valence-corrected chi connectivity index (χ0v) is 7.95. The Morgan fingerprint density at radius 1 is 1.62 bits per heavy atom. The number of rotatable bonds is 3. The van der Waals surface area contributed by atoms with Crippen LogP contribution in [0, 0.1) is 10.1 Å². The molecule has 5 heteroatoms. The lowest BCUT2D eigenvalue weighted by atomic mass is 10.2. The Morgan fingerprint density at radius 3 is 2.77 bits per heavy atom. The second kappa shape index (κ2) is 4.13. The lowest BCUT2D eigenvalue weighted by Crippen LogP contribution is -1.94. The van der Waals surface area contributed by atoms with Gasteiger partial charge in [-0.2, -0.15) is 12.6 Å². The van der Waals surface area contributed by atoms with Gasteiger partial charge in [-0.15, -0.1) is 0 Å². The summed E-state index contributed by atoms with van der Waals surface area (Å²) < 4.78 is 4.87. The van der Waals surface area contributed by atoms with Crippen LogP contribution in [0.15, 0.2) is 18.2 Å². The Labute approximate surface area is 81.1 Å². The van der Waals surface area contributed by atoms with E-state index in [1.165, 1.54) is 13.2 Å². The first kappa shape index (κ1) is 9.85. The molecule has 0 heterocycles. The highest BCUT2D eigenvalue weighted by Gasteiger charge is 2.13. The highest BCUT2D eigenvalue weighted by atomic mass is 32.1. The van der Waals surface area contributed by atoms with Gasteiger partial charge in [0.15, 0.2) is 5.75 Å². The van der Waals surface area contributed by atoms with Crippen LogP contribution in [-0.2, 0) is 5.75 Å². The topological polar surface area (TPSA) is 52.4 Å². The van der Waals surface area contributed by atoms with E-state index < -0.39 is 4.92 Å². The number of benzene rings is 1. The molecule has 1 aromatic carbocycles. The number of methoxy groups -OCH3 is 1. The van der Waals surface area contributed by atoms with Gasteiger partial charge in [-0.1, -0.05) is 6.07 Å². The molecule has 4 nitrogen and oxygen atoms in total. The molecule has 1 aromatic rings. The summed E-state index contributed by atoms with van der Waals surface area (Å²) in [6, 6.07) is 4.70. The van der Waals surface area contributed by atoms with E-state index in [0.717, 1.165) is 5.56 Å². The Bertz CT molecular complexity index is 327. The van der Waals surface area contributed by atoms with Crippen LogP contribution in [0.2, 0.25) is 0 Å². The van der Waals surface area contributed by atoms with Crippen molar-refractivity contribution in [1.82, 2.24) is 0 Å². The first-order valence-corrected chi connectivity index (χ1v) is 4.24. The van der Waals surface area contributed by atoms with E-state index in [4.69, 9.17) is 4.74 Å². The summed E-state index contributed by atoms with van der Waals surface area (Å²) in [4.78, 5) is 10.0. The highest BCUT2D eigenvalue weighted by Crippen LogP contribution is 2.27. The largest absolute Gasteiger partial charge is 0.490 e. The smallest absolute Gasteiger partial charge is 0.310 e. The zero-order valence-electron chi connectivity index (χ0n) is 7.06. The number of thiol groups is 1. The molecule has 0 unspecified atom stereocenters. The van der Waals surface area contributed by atoms with Crippen molar-refractivity contribution >= 4 is 18.3 Å². The van der Waals surface area contributed by atoms with Crippen molar-refractivity contribution in [1.29, 1.82) is 0 Å². The van der Waals surface area contributed by atoms with Crippen molar-refractivity contribution in [2.45, 2.75) is 5.75 Å². The molecule has 0 spiro atoms. The van der Waals surface area contributed by atoms with Gasteiger partial charge in [-0.25, -0.2) is 0 Å². The molecule has 1 rings (SSSR count). The molecule has 0 bridgehead atoms. The van der Waals surface area contributed by atoms with Gasteiger partial charge in [-0.3, -0.25) is 10.1 Å². The standard InChI is InChI=1S/C8H9NO3S/c1-12-8-4-6(5-13)2-3-7(8)9(10)11/h2-4,13H,5H2,1H3. The lowest BCUT2D eigenvalue weighted by Gasteiger charge is -2.02. The number of nitro groups is 1. The van der Waals surface area contributed by atoms with Crippen LogP contribution in [-0.4, -0.2) is 12.0 Å². The van der Waals surface area contributed by atoms with Gasteiger partial charge in [0.25, 0.3) is 0 Å². The van der Waals surface area contributed by atoms with Crippen LogP contribution >= 0.6 is 12.6 Å². The molecule has 0 aromatic heterocycles. The molecule has 13 heavy (non-hydrogen) atoms. The molecular formula is C8H9NO3S. The quantitative estimate of drug-likeness (QED) is 0.460. The molecule has 0 aliphatic heterocycles.